The molecule has 1 unspecified atom stereocenters. The van der Waals surface area contributed by atoms with E-state index in [-0.39, 0.29) is 12.0 Å². The number of anilines is 3. The number of nitrogens with one attached hydrogen (secondary N) is 1. The molecule has 1 atom stereocenters. The van der Waals surface area contributed by atoms with Crippen molar-refractivity contribution < 1.29 is 4.74 Å². The van der Waals surface area contributed by atoms with Crippen LogP contribution in [0.4, 0.5) is 17.6 Å². The van der Waals surface area contributed by atoms with Crippen molar-refractivity contribution in [3.05, 3.63) is 59.4 Å². The van der Waals surface area contributed by atoms with E-state index in [1.807, 2.05) is 30.3 Å². The highest BCUT2D eigenvalue weighted by Gasteiger charge is 2.29. The zero-order valence-corrected chi connectivity index (χ0v) is 18.0. The number of methoxy groups -OCH3 is 1. The lowest BCUT2D eigenvalue weighted by molar-refractivity contribution is 0.242. The molecule has 4 aromatic rings. The maximum atomic E-state index is 5.99. The first-order valence-corrected chi connectivity index (χ1v) is 11.0. The molecule has 0 aliphatic carbocycles. The molecular formula is C22H23N7OS. The Bertz CT molecular complexity index is 1180. The molecule has 0 radical (unpaired) electrons. The van der Waals surface area contributed by atoms with E-state index in [1.54, 1.807) is 18.4 Å². The van der Waals surface area contributed by atoms with Crippen LogP contribution in [-0.4, -0.2) is 38.5 Å². The summed E-state index contributed by atoms with van der Waals surface area (Å²) in [4.78, 5) is 20.5. The van der Waals surface area contributed by atoms with Crippen LogP contribution in [0, 0.1) is 0 Å². The molecule has 1 aliphatic heterocycles. The fourth-order valence-corrected chi connectivity index (χ4v) is 5.08. The van der Waals surface area contributed by atoms with Gasteiger partial charge in [0.25, 0.3) is 0 Å². The fraction of sp³-hybridized carbons (Fsp3) is 0.273. The minimum atomic E-state index is 0.193. The number of rotatable bonds is 6. The summed E-state index contributed by atoms with van der Waals surface area (Å²) in [6.45, 7) is 1.56. The van der Waals surface area contributed by atoms with Gasteiger partial charge in [-0.2, -0.15) is 15.0 Å². The van der Waals surface area contributed by atoms with Gasteiger partial charge >= 0.3 is 0 Å². The lowest BCUT2D eigenvalue weighted by Gasteiger charge is -2.22. The molecule has 3 N–H and O–H groups in total. The summed E-state index contributed by atoms with van der Waals surface area (Å²) in [6.07, 6.45) is 2.19. The lowest BCUT2D eigenvalue weighted by Crippen LogP contribution is -2.24. The lowest BCUT2D eigenvalue weighted by atomic mass is 10.2. The van der Waals surface area contributed by atoms with Crippen LogP contribution in [0.2, 0.25) is 0 Å². The van der Waals surface area contributed by atoms with Crippen molar-refractivity contribution in [2.75, 3.05) is 24.7 Å². The number of benzene rings is 2. The van der Waals surface area contributed by atoms with Gasteiger partial charge < -0.3 is 15.8 Å². The standard InChI is InChI=1S/C22H23N7OS/c1-30-17-10-4-2-7-14(17)25-22-27-19(26-21(23)28-22)13-29-12-6-9-16(29)20-24-15-8-3-5-11-18(15)31-20/h2-5,7-8,10-11,16H,6,9,12-13H2,1H3,(H3,23,25,26,27,28). The van der Waals surface area contributed by atoms with Crippen molar-refractivity contribution in [3.8, 4) is 5.75 Å². The minimum absolute atomic E-state index is 0.193. The van der Waals surface area contributed by atoms with Gasteiger partial charge in [-0.1, -0.05) is 24.3 Å². The maximum absolute atomic E-state index is 5.99. The molecule has 1 fully saturated rings. The van der Waals surface area contributed by atoms with E-state index in [0.29, 0.717) is 24.1 Å². The molecular weight excluding hydrogens is 410 g/mol. The van der Waals surface area contributed by atoms with E-state index in [1.165, 1.54) is 4.70 Å². The smallest absolute Gasteiger partial charge is 0.232 e. The Morgan fingerprint density at radius 3 is 2.81 bits per heavy atom. The molecule has 9 heteroatoms. The molecule has 0 spiro atoms. The molecule has 0 bridgehead atoms. The van der Waals surface area contributed by atoms with Gasteiger partial charge in [-0.05, 0) is 43.7 Å². The second kappa shape index (κ2) is 8.44. The molecule has 0 saturated carbocycles. The topological polar surface area (TPSA) is 102 Å². The molecule has 2 aromatic carbocycles. The second-order valence-corrected chi connectivity index (χ2v) is 8.47. The number of nitrogen functional groups attached to an aromatic ring is 1. The van der Waals surface area contributed by atoms with Gasteiger partial charge in [0.05, 0.1) is 35.6 Å². The van der Waals surface area contributed by atoms with Gasteiger partial charge in [0, 0.05) is 0 Å². The second-order valence-electron chi connectivity index (χ2n) is 7.41. The number of hydrogen-bond donors (Lipinski definition) is 2. The van der Waals surface area contributed by atoms with Crippen LogP contribution in [0.15, 0.2) is 48.5 Å². The number of fused-ring (bicyclic) bond motifs is 1. The van der Waals surface area contributed by atoms with Crippen LogP contribution in [-0.2, 0) is 6.54 Å². The third-order valence-corrected chi connectivity index (χ3v) is 6.49. The maximum Gasteiger partial charge on any atom is 0.232 e. The third-order valence-electron chi connectivity index (χ3n) is 5.36. The third kappa shape index (κ3) is 4.14. The van der Waals surface area contributed by atoms with Crippen LogP contribution < -0.4 is 15.8 Å². The zero-order chi connectivity index (χ0) is 21.2. The van der Waals surface area contributed by atoms with Gasteiger partial charge in [-0.3, -0.25) is 4.90 Å². The number of nitrogens with zero attached hydrogens (tertiary/aromatic N) is 5. The fourth-order valence-electron chi connectivity index (χ4n) is 3.94. The number of ether oxygens (including phenoxy) is 1. The number of nitrogens with two attached hydrogens (primary N) is 1. The molecule has 31 heavy (non-hydrogen) atoms. The summed E-state index contributed by atoms with van der Waals surface area (Å²) in [7, 11) is 1.63. The Morgan fingerprint density at radius 2 is 1.94 bits per heavy atom. The number of hydrogen-bond acceptors (Lipinski definition) is 9. The normalized spacial score (nSPS) is 16.6. The van der Waals surface area contributed by atoms with Crippen LogP contribution in [0.3, 0.4) is 0 Å². The molecule has 158 valence electrons. The minimum Gasteiger partial charge on any atom is -0.495 e. The van der Waals surface area contributed by atoms with E-state index in [9.17, 15) is 0 Å². The number of para-hydroxylation sites is 3. The first-order valence-electron chi connectivity index (χ1n) is 10.2. The Labute approximate surface area is 184 Å². The van der Waals surface area contributed by atoms with Crippen molar-refractivity contribution >= 4 is 39.1 Å². The van der Waals surface area contributed by atoms with Crippen molar-refractivity contribution in [2.24, 2.45) is 0 Å². The number of thiazole rings is 1. The predicted molar refractivity (Wildman–Crippen MR) is 123 cm³/mol. The summed E-state index contributed by atoms with van der Waals surface area (Å²) < 4.78 is 6.61. The van der Waals surface area contributed by atoms with Crippen LogP contribution in [0.1, 0.15) is 29.7 Å². The monoisotopic (exact) mass is 433 g/mol. The van der Waals surface area contributed by atoms with Crippen molar-refractivity contribution in [3.63, 3.8) is 0 Å². The summed E-state index contributed by atoms with van der Waals surface area (Å²) in [6, 6.07) is 16.2. The zero-order valence-electron chi connectivity index (χ0n) is 17.2. The molecule has 0 amide bonds. The highest BCUT2D eigenvalue weighted by Crippen LogP contribution is 2.37. The highest BCUT2D eigenvalue weighted by atomic mass is 32.1. The summed E-state index contributed by atoms with van der Waals surface area (Å²) in [5.74, 6) is 1.94. The largest absolute Gasteiger partial charge is 0.495 e. The quantitative estimate of drug-likeness (QED) is 0.467. The average Bonchev–Trinajstić information content (AvgIpc) is 3.40. The van der Waals surface area contributed by atoms with Crippen molar-refractivity contribution in [1.82, 2.24) is 24.8 Å². The Hall–Kier alpha value is -3.30. The molecule has 1 saturated heterocycles. The molecule has 2 aromatic heterocycles. The Kier molecular flexibility index (Phi) is 5.35. The van der Waals surface area contributed by atoms with Gasteiger partial charge in [0.15, 0.2) is 0 Å². The van der Waals surface area contributed by atoms with E-state index in [4.69, 9.17) is 15.5 Å². The predicted octanol–water partition coefficient (Wildman–Crippen LogP) is 4.15. The SMILES string of the molecule is COc1ccccc1Nc1nc(N)nc(CN2CCCC2c2nc3ccccc3s2)n1. The van der Waals surface area contributed by atoms with Crippen LogP contribution >= 0.6 is 11.3 Å². The number of likely N-dealkylation sites (tertiary alicyclic amines) is 1. The summed E-state index contributed by atoms with van der Waals surface area (Å²) in [5, 5.41) is 4.34. The first-order chi connectivity index (χ1) is 15.2. The van der Waals surface area contributed by atoms with Gasteiger partial charge in [0.1, 0.15) is 16.6 Å². The summed E-state index contributed by atoms with van der Waals surface area (Å²) >= 11 is 1.76. The van der Waals surface area contributed by atoms with E-state index >= 15 is 0 Å². The van der Waals surface area contributed by atoms with Gasteiger partial charge in [0.2, 0.25) is 11.9 Å². The van der Waals surface area contributed by atoms with Crippen LogP contribution in [0.25, 0.3) is 10.2 Å². The average molecular weight is 434 g/mol. The molecule has 1 aliphatic rings. The number of aromatic nitrogens is 4. The van der Waals surface area contributed by atoms with Gasteiger partial charge in [-0.15, -0.1) is 11.3 Å². The Balaban J connectivity index is 1.37. The van der Waals surface area contributed by atoms with Gasteiger partial charge in [-0.25, -0.2) is 4.98 Å². The molecule has 8 nitrogen and oxygen atoms in total. The molecule has 3 heterocycles. The van der Waals surface area contributed by atoms with E-state index in [0.717, 1.165) is 35.6 Å². The Morgan fingerprint density at radius 1 is 1.10 bits per heavy atom. The van der Waals surface area contributed by atoms with E-state index in [2.05, 4.69) is 43.4 Å². The van der Waals surface area contributed by atoms with E-state index < -0.39 is 0 Å². The first kappa shape index (κ1) is 19.7. The van der Waals surface area contributed by atoms with Crippen LogP contribution in [0.5, 0.6) is 5.75 Å². The van der Waals surface area contributed by atoms with Crippen molar-refractivity contribution in [2.45, 2.75) is 25.4 Å². The summed E-state index contributed by atoms with van der Waals surface area (Å²) in [5.41, 5.74) is 7.82. The highest BCUT2D eigenvalue weighted by molar-refractivity contribution is 7.18. The molecule has 5 rings (SSSR count). The van der Waals surface area contributed by atoms with Crippen molar-refractivity contribution in [1.29, 1.82) is 0 Å².